The molecule has 0 unspecified atom stereocenters. The van der Waals surface area contributed by atoms with Crippen molar-refractivity contribution in [3.8, 4) is 12.3 Å². The monoisotopic (exact) mass is 439 g/mol. The lowest BCUT2D eigenvalue weighted by Gasteiger charge is -2.29. The molecule has 2 atom stereocenters. The van der Waals surface area contributed by atoms with Crippen molar-refractivity contribution in [2.45, 2.75) is 31.8 Å². The molecule has 0 spiro atoms. The van der Waals surface area contributed by atoms with Gasteiger partial charge in [0.1, 0.15) is 0 Å². The number of ether oxygens (including phenoxy) is 2. The minimum absolute atomic E-state index is 0.00228. The Morgan fingerprint density at radius 3 is 2.39 bits per heavy atom. The summed E-state index contributed by atoms with van der Waals surface area (Å²) < 4.78 is 12.0. The molecule has 0 radical (unpaired) electrons. The van der Waals surface area contributed by atoms with Gasteiger partial charge in [-0.2, -0.15) is 0 Å². The van der Waals surface area contributed by atoms with Crippen LogP contribution in [0.1, 0.15) is 34.6 Å². The fraction of sp³-hybridized carbons (Fsp3) is 0.179. The lowest BCUT2D eigenvalue weighted by molar-refractivity contribution is -0.147. The number of aliphatic hydroxyl groups excluding tert-OH is 1. The highest BCUT2D eigenvalue weighted by Gasteiger charge is 2.29. The van der Waals surface area contributed by atoms with Crippen LogP contribution >= 0.6 is 0 Å². The quantitative estimate of drug-likeness (QED) is 0.523. The number of carbonyl (C=O) groups is 1. The van der Waals surface area contributed by atoms with Gasteiger partial charge in [0.25, 0.3) is 5.91 Å². The van der Waals surface area contributed by atoms with Crippen LogP contribution in [0.2, 0.25) is 0 Å². The highest BCUT2D eigenvalue weighted by atomic mass is 16.7. The molecule has 33 heavy (non-hydrogen) atoms. The van der Waals surface area contributed by atoms with Gasteiger partial charge in [0.2, 0.25) is 6.29 Å². The zero-order chi connectivity index (χ0) is 23.0. The van der Waals surface area contributed by atoms with Crippen LogP contribution in [-0.2, 0) is 27.5 Å². The number of carbonyl (C=O) groups excluding carboxylic acids is 1. The number of allylic oxidation sites excluding steroid dienone is 1. The second-order valence-electron chi connectivity index (χ2n) is 7.79. The molecule has 1 heterocycles. The van der Waals surface area contributed by atoms with E-state index < -0.39 is 6.29 Å². The molecule has 5 nitrogen and oxygen atoms in total. The van der Waals surface area contributed by atoms with Crippen LogP contribution in [0.4, 0.5) is 5.69 Å². The molecule has 2 N–H and O–H groups in total. The summed E-state index contributed by atoms with van der Waals surface area (Å²) in [4.78, 5) is 12.9. The zero-order valence-corrected chi connectivity index (χ0v) is 18.1. The van der Waals surface area contributed by atoms with Crippen LogP contribution in [-0.4, -0.2) is 17.3 Å². The van der Waals surface area contributed by atoms with Gasteiger partial charge >= 0.3 is 0 Å². The van der Waals surface area contributed by atoms with Crippen LogP contribution in [0.5, 0.6) is 0 Å². The molecule has 3 aromatic carbocycles. The standard InChI is InChI=1S/C28H25NO4/c1-2-20-12-14-23(15-13-20)24-16-26(28(31)29-25-6-4-3-5-7-25)33-27(17-24)32-19-22-10-8-21(18-30)9-11-22/h1,3-16,24,27,30H,17-19H2,(H,29,31)/t24-,27+/m0/s1. The van der Waals surface area contributed by atoms with Gasteiger partial charge in [-0.3, -0.25) is 4.79 Å². The normalized spacial score (nSPS) is 17.4. The second kappa shape index (κ2) is 10.6. The predicted octanol–water partition coefficient (Wildman–Crippen LogP) is 4.73. The highest BCUT2D eigenvalue weighted by Crippen LogP contribution is 2.32. The van der Waals surface area contributed by atoms with Gasteiger partial charge in [0.15, 0.2) is 5.76 Å². The Hall–Kier alpha value is -3.85. The summed E-state index contributed by atoms with van der Waals surface area (Å²) in [5.74, 6) is 2.45. The number of para-hydroxylation sites is 1. The summed E-state index contributed by atoms with van der Waals surface area (Å²) >= 11 is 0. The van der Waals surface area contributed by atoms with E-state index in [1.54, 1.807) is 0 Å². The lowest BCUT2D eigenvalue weighted by Crippen LogP contribution is -2.29. The Morgan fingerprint density at radius 1 is 1.03 bits per heavy atom. The summed E-state index contributed by atoms with van der Waals surface area (Å²) in [6.07, 6.45) is 7.28. The minimum Gasteiger partial charge on any atom is -0.459 e. The number of benzene rings is 3. The molecule has 0 bridgehead atoms. The maximum Gasteiger partial charge on any atom is 0.290 e. The van der Waals surface area contributed by atoms with Crippen molar-refractivity contribution >= 4 is 11.6 Å². The number of hydrogen-bond donors (Lipinski definition) is 2. The molecule has 1 amide bonds. The number of aliphatic hydroxyl groups is 1. The SMILES string of the molecule is C#Cc1ccc([C@H]2C=C(C(=O)Nc3ccccc3)O[C@@H](OCc3ccc(CO)cc3)C2)cc1. The van der Waals surface area contributed by atoms with E-state index >= 15 is 0 Å². The largest absolute Gasteiger partial charge is 0.459 e. The smallest absolute Gasteiger partial charge is 0.290 e. The van der Waals surface area contributed by atoms with Crippen molar-refractivity contribution in [2.75, 3.05) is 5.32 Å². The topological polar surface area (TPSA) is 67.8 Å². The highest BCUT2D eigenvalue weighted by molar-refractivity contribution is 6.02. The average Bonchev–Trinajstić information content (AvgIpc) is 2.88. The Morgan fingerprint density at radius 2 is 1.73 bits per heavy atom. The van der Waals surface area contributed by atoms with Crippen molar-refractivity contribution in [1.29, 1.82) is 0 Å². The van der Waals surface area contributed by atoms with Gasteiger partial charge < -0.3 is 19.9 Å². The first-order chi connectivity index (χ1) is 16.1. The fourth-order valence-corrected chi connectivity index (χ4v) is 3.62. The molecule has 4 rings (SSSR count). The number of amides is 1. The van der Waals surface area contributed by atoms with Gasteiger partial charge in [-0.05, 0) is 47.0 Å². The third-order valence-electron chi connectivity index (χ3n) is 5.46. The van der Waals surface area contributed by atoms with Crippen molar-refractivity contribution in [3.63, 3.8) is 0 Å². The van der Waals surface area contributed by atoms with Gasteiger partial charge in [-0.25, -0.2) is 0 Å². The number of rotatable bonds is 7. The molecule has 0 saturated carbocycles. The van der Waals surface area contributed by atoms with Crippen LogP contribution in [0.3, 0.4) is 0 Å². The van der Waals surface area contributed by atoms with E-state index in [1.807, 2.05) is 84.9 Å². The van der Waals surface area contributed by atoms with E-state index in [4.69, 9.17) is 15.9 Å². The molecular weight excluding hydrogens is 414 g/mol. The summed E-state index contributed by atoms with van der Waals surface area (Å²) in [5, 5.41) is 12.1. The molecular formula is C28H25NO4. The first-order valence-electron chi connectivity index (χ1n) is 10.8. The third-order valence-corrected chi connectivity index (χ3v) is 5.46. The molecule has 0 fully saturated rings. The number of nitrogens with one attached hydrogen (secondary N) is 1. The van der Waals surface area contributed by atoms with E-state index in [-0.39, 0.29) is 24.2 Å². The molecule has 0 aromatic heterocycles. The molecule has 166 valence electrons. The summed E-state index contributed by atoms with van der Waals surface area (Å²) in [6, 6.07) is 24.5. The fourth-order valence-electron chi connectivity index (χ4n) is 3.62. The molecule has 1 aliphatic rings. The molecule has 1 aliphatic heterocycles. The zero-order valence-electron chi connectivity index (χ0n) is 18.1. The summed E-state index contributed by atoms with van der Waals surface area (Å²) in [6.45, 7) is 0.324. The lowest BCUT2D eigenvalue weighted by atomic mass is 9.92. The van der Waals surface area contributed by atoms with Gasteiger partial charge in [0.05, 0.1) is 13.2 Å². The van der Waals surface area contributed by atoms with E-state index in [2.05, 4.69) is 11.2 Å². The van der Waals surface area contributed by atoms with Crippen LogP contribution in [0.25, 0.3) is 0 Å². The van der Waals surface area contributed by atoms with E-state index in [9.17, 15) is 9.90 Å². The summed E-state index contributed by atoms with van der Waals surface area (Å²) in [7, 11) is 0. The van der Waals surface area contributed by atoms with Gasteiger partial charge in [-0.15, -0.1) is 6.42 Å². The predicted molar refractivity (Wildman–Crippen MR) is 127 cm³/mol. The van der Waals surface area contributed by atoms with Crippen LogP contribution in [0.15, 0.2) is 90.7 Å². The number of anilines is 1. The van der Waals surface area contributed by atoms with Crippen LogP contribution < -0.4 is 5.32 Å². The van der Waals surface area contributed by atoms with E-state index in [0.717, 1.165) is 22.3 Å². The molecule has 5 heteroatoms. The Kier molecular flexibility index (Phi) is 7.21. The molecule has 0 saturated heterocycles. The Balaban J connectivity index is 1.51. The van der Waals surface area contributed by atoms with Crippen molar-refractivity contribution in [2.24, 2.45) is 0 Å². The Labute approximate surface area is 193 Å². The number of hydrogen-bond acceptors (Lipinski definition) is 4. The van der Waals surface area contributed by atoms with Crippen LogP contribution in [0, 0.1) is 12.3 Å². The number of terminal acetylenes is 1. The molecule has 0 aliphatic carbocycles. The molecule has 3 aromatic rings. The van der Waals surface area contributed by atoms with E-state index in [1.165, 1.54) is 0 Å². The minimum atomic E-state index is -0.596. The third kappa shape index (κ3) is 5.89. The Bertz CT molecular complexity index is 1150. The van der Waals surface area contributed by atoms with Crippen molar-refractivity contribution in [3.05, 3.63) is 113 Å². The van der Waals surface area contributed by atoms with E-state index in [0.29, 0.717) is 18.7 Å². The average molecular weight is 440 g/mol. The summed E-state index contributed by atoms with van der Waals surface area (Å²) in [5.41, 5.74) is 4.31. The van der Waals surface area contributed by atoms with Gasteiger partial charge in [0, 0.05) is 23.6 Å². The maximum absolute atomic E-state index is 12.9. The van der Waals surface area contributed by atoms with Crippen molar-refractivity contribution < 1.29 is 19.4 Å². The van der Waals surface area contributed by atoms with Crippen molar-refractivity contribution in [1.82, 2.24) is 0 Å². The maximum atomic E-state index is 12.9. The second-order valence-corrected chi connectivity index (χ2v) is 7.79. The first kappa shape index (κ1) is 22.3. The van der Waals surface area contributed by atoms with Gasteiger partial charge in [-0.1, -0.05) is 60.5 Å². The first-order valence-corrected chi connectivity index (χ1v) is 10.8.